The summed E-state index contributed by atoms with van der Waals surface area (Å²) in [6.07, 6.45) is 0. The summed E-state index contributed by atoms with van der Waals surface area (Å²) in [5.41, 5.74) is 2.97. The molecule has 0 saturated heterocycles. The second-order valence-corrected chi connectivity index (χ2v) is 5.99. The highest BCUT2D eigenvalue weighted by atomic mass is 16.5. The number of benzene rings is 3. The summed E-state index contributed by atoms with van der Waals surface area (Å²) in [5.74, 6) is -1.04. The molecule has 28 heavy (non-hydrogen) atoms. The predicted octanol–water partition coefficient (Wildman–Crippen LogP) is 4.07. The molecule has 0 aliphatic heterocycles. The fourth-order valence-corrected chi connectivity index (χ4v) is 2.72. The summed E-state index contributed by atoms with van der Waals surface area (Å²) >= 11 is 0. The van der Waals surface area contributed by atoms with E-state index in [9.17, 15) is 9.59 Å². The summed E-state index contributed by atoms with van der Waals surface area (Å²) in [7, 11) is 0. The number of hydrogen-bond acceptors (Lipinski definition) is 4. The second-order valence-electron chi connectivity index (χ2n) is 5.99. The normalized spacial score (nSPS) is 9.96. The van der Waals surface area contributed by atoms with Crippen LogP contribution in [0, 0.1) is 11.3 Å². The molecule has 0 bridgehead atoms. The number of esters is 1. The molecule has 0 radical (unpaired) electrons. The lowest BCUT2D eigenvalue weighted by atomic mass is 10.0. The van der Waals surface area contributed by atoms with Gasteiger partial charge in [-0.25, -0.2) is 4.79 Å². The van der Waals surface area contributed by atoms with E-state index in [0.29, 0.717) is 11.3 Å². The average molecular weight is 370 g/mol. The zero-order valence-electron chi connectivity index (χ0n) is 15.1. The zero-order valence-corrected chi connectivity index (χ0v) is 15.1. The van der Waals surface area contributed by atoms with E-state index in [4.69, 9.17) is 10.00 Å². The minimum Gasteiger partial charge on any atom is -0.452 e. The van der Waals surface area contributed by atoms with Crippen LogP contribution in [0.2, 0.25) is 0 Å². The summed E-state index contributed by atoms with van der Waals surface area (Å²) in [6, 6.07) is 27.6. The molecule has 0 spiro atoms. The first-order valence-corrected chi connectivity index (χ1v) is 8.74. The third-order valence-electron chi connectivity index (χ3n) is 4.15. The Kier molecular flexibility index (Phi) is 6.17. The van der Waals surface area contributed by atoms with Crippen LogP contribution in [0.5, 0.6) is 0 Å². The largest absolute Gasteiger partial charge is 0.452 e. The molecule has 0 unspecified atom stereocenters. The highest BCUT2D eigenvalue weighted by molar-refractivity contribution is 5.97. The molecule has 138 valence electrons. The molecule has 5 nitrogen and oxygen atoms in total. The van der Waals surface area contributed by atoms with Gasteiger partial charge in [0.25, 0.3) is 5.91 Å². The van der Waals surface area contributed by atoms with Gasteiger partial charge < -0.3 is 4.74 Å². The Morgan fingerprint density at radius 2 is 1.39 bits per heavy atom. The van der Waals surface area contributed by atoms with E-state index >= 15 is 0 Å². The third kappa shape index (κ3) is 4.63. The molecule has 0 aliphatic carbocycles. The average Bonchev–Trinajstić information content (AvgIpc) is 2.77. The molecule has 0 N–H and O–H groups in total. The van der Waals surface area contributed by atoms with Crippen molar-refractivity contribution >= 4 is 17.6 Å². The van der Waals surface area contributed by atoms with E-state index in [-0.39, 0.29) is 6.54 Å². The maximum atomic E-state index is 12.4. The Labute approximate surface area is 163 Å². The summed E-state index contributed by atoms with van der Waals surface area (Å²) in [6.45, 7) is -0.554. The molecule has 0 aliphatic rings. The maximum absolute atomic E-state index is 12.4. The van der Waals surface area contributed by atoms with Crippen molar-refractivity contribution in [3.63, 3.8) is 0 Å². The van der Waals surface area contributed by atoms with Crippen LogP contribution >= 0.6 is 0 Å². The van der Waals surface area contributed by atoms with Crippen molar-refractivity contribution in [2.45, 2.75) is 0 Å². The fraction of sp³-hybridized carbons (Fsp3) is 0.0870. The van der Waals surface area contributed by atoms with Gasteiger partial charge in [0.05, 0.1) is 11.6 Å². The van der Waals surface area contributed by atoms with E-state index in [1.807, 2.05) is 54.6 Å². The topological polar surface area (TPSA) is 70.4 Å². The summed E-state index contributed by atoms with van der Waals surface area (Å²) in [4.78, 5) is 25.9. The van der Waals surface area contributed by atoms with Crippen LogP contribution < -0.4 is 4.90 Å². The molecular weight excluding hydrogens is 352 g/mol. The Balaban J connectivity index is 1.63. The molecule has 0 saturated carbocycles. The standard InChI is InChI=1S/C23H18N2O3/c24-15-16-25(21-9-5-2-6-10-21)22(26)17-28-23(27)20-13-11-19(12-14-20)18-7-3-1-4-8-18/h1-14H,16-17H2. The van der Waals surface area contributed by atoms with Crippen LogP contribution in [0.1, 0.15) is 10.4 Å². The monoisotopic (exact) mass is 370 g/mol. The van der Waals surface area contributed by atoms with Crippen molar-refractivity contribution in [2.24, 2.45) is 0 Å². The van der Waals surface area contributed by atoms with Gasteiger partial charge in [-0.1, -0.05) is 60.7 Å². The van der Waals surface area contributed by atoms with Crippen molar-refractivity contribution < 1.29 is 14.3 Å². The Bertz CT molecular complexity index is 978. The number of nitriles is 1. The van der Waals surface area contributed by atoms with Crippen molar-refractivity contribution in [1.29, 1.82) is 5.26 Å². The molecule has 0 atom stereocenters. The van der Waals surface area contributed by atoms with Gasteiger partial charge in [0.15, 0.2) is 6.61 Å². The van der Waals surface area contributed by atoms with Crippen LogP contribution in [-0.4, -0.2) is 25.0 Å². The SMILES string of the molecule is N#CCN(C(=O)COC(=O)c1ccc(-c2ccccc2)cc1)c1ccccc1. The van der Waals surface area contributed by atoms with Crippen molar-refractivity contribution in [2.75, 3.05) is 18.1 Å². The van der Waals surface area contributed by atoms with E-state index in [0.717, 1.165) is 11.1 Å². The number of carbonyl (C=O) groups is 2. The van der Waals surface area contributed by atoms with E-state index in [1.165, 1.54) is 4.90 Å². The first kappa shape index (κ1) is 18.9. The molecular formula is C23H18N2O3. The van der Waals surface area contributed by atoms with Gasteiger partial charge in [0, 0.05) is 5.69 Å². The number of hydrogen-bond donors (Lipinski definition) is 0. The second kappa shape index (κ2) is 9.15. The van der Waals surface area contributed by atoms with Gasteiger partial charge in [-0.05, 0) is 35.4 Å². The Hall–Kier alpha value is -3.91. The van der Waals surface area contributed by atoms with Gasteiger partial charge in [0.1, 0.15) is 6.54 Å². The number of para-hydroxylation sites is 1. The smallest absolute Gasteiger partial charge is 0.338 e. The van der Waals surface area contributed by atoms with Crippen molar-refractivity contribution in [3.05, 3.63) is 90.5 Å². The number of ether oxygens (including phenoxy) is 1. The fourth-order valence-electron chi connectivity index (χ4n) is 2.72. The zero-order chi connectivity index (χ0) is 19.8. The first-order valence-electron chi connectivity index (χ1n) is 8.74. The molecule has 3 aromatic carbocycles. The van der Waals surface area contributed by atoms with E-state index < -0.39 is 18.5 Å². The van der Waals surface area contributed by atoms with Crippen molar-refractivity contribution in [3.8, 4) is 17.2 Å². The summed E-state index contributed by atoms with van der Waals surface area (Å²) < 4.78 is 5.14. The van der Waals surface area contributed by atoms with Gasteiger partial charge in [-0.3, -0.25) is 9.69 Å². The number of rotatable bonds is 6. The number of nitrogens with zero attached hydrogens (tertiary/aromatic N) is 2. The number of carbonyl (C=O) groups excluding carboxylic acids is 2. The first-order chi connectivity index (χ1) is 13.7. The van der Waals surface area contributed by atoms with Crippen LogP contribution in [0.3, 0.4) is 0 Å². The molecule has 0 fully saturated rings. The number of amides is 1. The molecule has 0 heterocycles. The van der Waals surface area contributed by atoms with Gasteiger partial charge in [-0.15, -0.1) is 0 Å². The van der Waals surface area contributed by atoms with Gasteiger partial charge in [-0.2, -0.15) is 5.26 Å². The van der Waals surface area contributed by atoms with Gasteiger partial charge in [0.2, 0.25) is 0 Å². The molecule has 0 aromatic heterocycles. The predicted molar refractivity (Wildman–Crippen MR) is 107 cm³/mol. The van der Waals surface area contributed by atoms with E-state index in [2.05, 4.69) is 0 Å². The number of anilines is 1. The molecule has 3 aromatic rings. The van der Waals surface area contributed by atoms with Crippen molar-refractivity contribution in [1.82, 2.24) is 0 Å². The van der Waals surface area contributed by atoms with Crippen LogP contribution in [0.4, 0.5) is 5.69 Å². The van der Waals surface area contributed by atoms with Gasteiger partial charge >= 0.3 is 5.97 Å². The molecule has 5 heteroatoms. The highest BCUT2D eigenvalue weighted by Gasteiger charge is 2.18. The molecule has 1 amide bonds. The third-order valence-corrected chi connectivity index (χ3v) is 4.15. The minimum absolute atomic E-state index is 0.119. The van der Waals surface area contributed by atoms with E-state index in [1.54, 1.807) is 36.4 Å². The Morgan fingerprint density at radius 1 is 0.821 bits per heavy atom. The lowest BCUT2D eigenvalue weighted by Gasteiger charge is -2.19. The van der Waals surface area contributed by atoms with Crippen LogP contribution in [0.25, 0.3) is 11.1 Å². The van der Waals surface area contributed by atoms with Crippen LogP contribution in [-0.2, 0) is 9.53 Å². The lowest BCUT2D eigenvalue weighted by molar-refractivity contribution is -0.121. The molecule has 3 rings (SSSR count). The maximum Gasteiger partial charge on any atom is 0.338 e. The summed E-state index contributed by atoms with van der Waals surface area (Å²) in [5, 5.41) is 8.97. The quantitative estimate of drug-likeness (QED) is 0.484. The lowest BCUT2D eigenvalue weighted by Crippen LogP contribution is -2.35. The Morgan fingerprint density at radius 3 is 2.00 bits per heavy atom. The highest BCUT2D eigenvalue weighted by Crippen LogP contribution is 2.19. The van der Waals surface area contributed by atoms with Crippen LogP contribution in [0.15, 0.2) is 84.9 Å². The minimum atomic E-state index is -0.585.